The Morgan fingerprint density at radius 2 is 1.94 bits per heavy atom. The van der Waals surface area contributed by atoms with E-state index >= 15 is 0 Å². The molecule has 0 aliphatic heterocycles. The van der Waals surface area contributed by atoms with Crippen molar-refractivity contribution in [3.63, 3.8) is 0 Å². The van der Waals surface area contributed by atoms with Crippen molar-refractivity contribution < 1.29 is 14.0 Å². The van der Waals surface area contributed by atoms with Gasteiger partial charge in [0.1, 0.15) is 11.5 Å². The lowest BCUT2D eigenvalue weighted by molar-refractivity contribution is 0.0360. The summed E-state index contributed by atoms with van der Waals surface area (Å²) in [5.74, 6) is -0.622. The summed E-state index contributed by atoms with van der Waals surface area (Å²) in [7, 11) is 6.25. The fraction of sp³-hybridized carbons (Fsp3) is 0.417. The molecule has 1 N–H and O–H groups in total. The summed E-state index contributed by atoms with van der Waals surface area (Å²) in [6.45, 7) is 5.51. The van der Waals surface area contributed by atoms with Crippen molar-refractivity contribution >= 4 is 16.8 Å². The fourth-order valence-electron chi connectivity index (χ4n) is 3.65. The fourth-order valence-corrected chi connectivity index (χ4v) is 3.65. The van der Waals surface area contributed by atoms with E-state index in [1.54, 1.807) is 25.3 Å². The summed E-state index contributed by atoms with van der Waals surface area (Å²) in [5, 5.41) is 0.975. The highest BCUT2D eigenvalue weighted by atomic mass is 19.1. The smallest absolute Gasteiger partial charge is 0.293 e. The maximum atomic E-state index is 13.3. The molecule has 0 saturated heterocycles. The van der Waals surface area contributed by atoms with Gasteiger partial charge in [-0.25, -0.2) is 14.9 Å². The Kier molecular flexibility index (Phi) is 8.33. The number of carbonyl (C=O) groups is 1. The highest BCUT2D eigenvalue weighted by molar-refractivity contribution is 5.96. The molecule has 0 bridgehead atoms. The zero-order chi connectivity index (χ0) is 23.1. The van der Waals surface area contributed by atoms with Crippen molar-refractivity contribution in [2.75, 3.05) is 40.8 Å². The van der Waals surface area contributed by atoms with Crippen molar-refractivity contribution in [2.45, 2.75) is 26.4 Å². The molecule has 3 rings (SSSR count). The topological polar surface area (TPSA) is 62.6 Å². The second kappa shape index (κ2) is 11.2. The van der Waals surface area contributed by atoms with Gasteiger partial charge in [0.05, 0.1) is 18.3 Å². The number of hydroxylamine groups is 1. The standard InChI is InChI=1S/C24H32FN5O2/c1-5-32-27-24(31)22-13-21-19(16-29(4)12-6-11-28(2)3)17-30(23(21)14-26-22)15-18-7-9-20(25)10-8-18/h7-10,13-14,17H,5-6,11-12,15-16H2,1-4H3,(H,27,31). The van der Waals surface area contributed by atoms with E-state index in [0.717, 1.165) is 48.1 Å². The Bertz CT molecular complexity index is 1030. The van der Waals surface area contributed by atoms with Crippen LogP contribution < -0.4 is 5.48 Å². The highest BCUT2D eigenvalue weighted by Gasteiger charge is 2.15. The number of rotatable bonds is 11. The van der Waals surface area contributed by atoms with E-state index in [4.69, 9.17) is 4.84 Å². The molecule has 2 heterocycles. The Balaban J connectivity index is 1.89. The number of fused-ring (bicyclic) bond motifs is 1. The number of aromatic nitrogens is 2. The van der Waals surface area contributed by atoms with E-state index in [1.807, 2.05) is 6.07 Å². The summed E-state index contributed by atoms with van der Waals surface area (Å²) in [4.78, 5) is 26.2. The molecule has 1 amide bonds. The van der Waals surface area contributed by atoms with Gasteiger partial charge in [0.25, 0.3) is 5.91 Å². The van der Waals surface area contributed by atoms with Crippen LogP contribution in [0.3, 0.4) is 0 Å². The first-order valence-electron chi connectivity index (χ1n) is 10.8. The third-order valence-electron chi connectivity index (χ3n) is 5.24. The molecule has 0 spiro atoms. The number of nitrogens with one attached hydrogen (secondary N) is 1. The lowest BCUT2D eigenvalue weighted by Gasteiger charge is -2.17. The van der Waals surface area contributed by atoms with E-state index in [-0.39, 0.29) is 11.7 Å². The van der Waals surface area contributed by atoms with Crippen LogP contribution in [0.5, 0.6) is 0 Å². The number of benzene rings is 1. The van der Waals surface area contributed by atoms with Crippen LogP contribution in [0.2, 0.25) is 0 Å². The monoisotopic (exact) mass is 441 g/mol. The second-order valence-corrected chi connectivity index (χ2v) is 8.25. The third-order valence-corrected chi connectivity index (χ3v) is 5.24. The second-order valence-electron chi connectivity index (χ2n) is 8.25. The van der Waals surface area contributed by atoms with Crippen molar-refractivity contribution in [2.24, 2.45) is 0 Å². The number of amides is 1. The Hall–Kier alpha value is -2.81. The SMILES string of the molecule is CCONC(=O)c1cc2c(CN(C)CCCN(C)C)cn(Cc3ccc(F)cc3)c2cn1. The number of halogens is 1. The Morgan fingerprint density at radius 1 is 1.19 bits per heavy atom. The zero-order valence-corrected chi connectivity index (χ0v) is 19.3. The van der Waals surface area contributed by atoms with Crippen molar-refractivity contribution in [3.8, 4) is 0 Å². The molecular weight excluding hydrogens is 409 g/mol. The average Bonchev–Trinajstić information content (AvgIpc) is 3.09. The first kappa shape index (κ1) is 23.8. The quantitative estimate of drug-likeness (QED) is 0.463. The number of hydrogen-bond acceptors (Lipinski definition) is 5. The van der Waals surface area contributed by atoms with Gasteiger partial charge in [-0.15, -0.1) is 0 Å². The van der Waals surface area contributed by atoms with Gasteiger partial charge in [-0.3, -0.25) is 9.63 Å². The third kappa shape index (κ3) is 6.35. The van der Waals surface area contributed by atoms with Crippen molar-refractivity contribution in [1.82, 2.24) is 24.8 Å². The summed E-state index contributed by atoms with van der Waals surface area (Å²) in [6.07, 6.45) is 4.89. The van der Waals surface area contributed by atoms with Gasteiger partial charge in [0.15, 0.2) is 0 Å². The van der Waals surface area contributed by atoms with E-state index in [0.29, 0.717) is 18.8 Å². The van der Waals surface area contributed by atoms with E-state index in [2.05, 4.69) is 52.2 Å². The molecule has 2 aromatic heterocycles. The first-order valence-corrected chi connectivity index (χ1v) is 10.8. The lowest BCUT2D eigenvalue weighted by Crippen LogP contribution is -2.24. The van der Waals surface area contributed by atoms with Crippen LogP contribution in [0.25, 0.3) is 10.9 Å². The van der Waals surface area contributed by atoms with Crippen LogP contribution >= 0.6 is 0 Å². The first-order chi connectivity index (χ1) is 15.4. The molecule has 0 aliphatic rings. The predicted molar refractivity (Wildman–Crippen MR) is 124 cm³/mol. The normalized spacial score (nSPS) is 11.6. The number of hydrogen-bond donors (Lipinski definition) is 1. The van der Waals surface area contributed by atoms with Crippen LogP contribution in [-0.2, 0) is 17.9 Å². The molecular formula is C24H32FN5O2. The van der Waals surface area contributed by atoms with Crippen LogP contribution in [0.1, 0.15) is 35.0 Å². The van der Waals surface area contributed by atoms with E-state index in [1.165, 1.54) is 12.1 Å². The molecule has 0 atom stereocenters. The molecule has 0 radical (unpaired) electrons. The Morgan fingerprint density at radius 3 is 2.62 bits per heavy atom. The molecule has 0 aliphatic carbocycles. The highest BCUT2D eigenvalue weighted by Crippen LogP contribution is 2.24. The minimum absolute atomic E-state index is 0.252. The molecule has 0 saturated carbocycles. The predicted octanol–water partition coefficient (Wildman–Crippen LogP) is 3.29. The number of pyridine rings is 1. The van der Waals surface area contributed by atoms with Gasteiger partial charge in [0.2, 0.25) is 0 Å². The van der Waals surface area contributed by atoms with Crippen LogP contribution in [0.15, 0.2) is 42.7 Å². The van der Waals surface area contributed by atoms with Crippen LogP contribution in [0.4, 0.5) is 4.39 Å². The molecule has 1 aromatic carbocycles. The van der Waals surface area contributed by atoms with Gasteiger partial charge >= 0.3 is 0 Å². The van der Waals surface area contributed by atoms with Gasteiger partial charge in [0, 0.05) is 24.7 Å². The summed E-state index contributed by atoms with van der Waals surface area (Å²) in [6, 6.07) is 8.31. The zero-order valence-electron chi connectivity index (χ0n) is 19.3. The average molecular weight is 442 g/mol. The maximum absolute atomic E-state index is 13.3. The minimum atomic E-state index is -0.370. The minimum Gasteiger partial charge on any atom is -0.341 e. The summed E-state index contributed by atoms with van der Waals surface area (Å²) >= 11 is 0. The molecule has 8 heteroatoms. The Labute approximate surface area is 188 Å². The molecule has 0 fully saturated rings. The molecule has 3 aromatic rings. The molecule has 0 unspecified atom stereocenters. The van der Waals surface area contributed by atoms with Gasteiger partial charge in [-0.05, 0) is 76.9 Å². The van der Waals surface area contributed by atoms with Gasteiger partial charge in [-0.1, -0.05) is 12.1 Å². The van der Waals surface area contributed by atoms with Crippen molar-refractivity contribution in [1.29, 1.82) is 0 Å². The molecule has 172 valence electrons. The lowest BCUT2D eigenvalue weighted by atomic mass is 10.1. The summed E-state index contributed by atoms with van der Waals surface area (Å²) in [5.41, 5.74) is 5.75. The van der Waals surface area contributed by atoms with Crippen molar-refractivity contribution in [3.05, 3.63) is 65.4 Å². The van der Waals surface area contributed by atoms with E-state index < -0.39 is 0 Å². The van der Waals surface area contributed by atoms with Gasteiger partial charge in [-0.2, -0.15) is 0 Å². The van der Waals surface area contributed by atoms with Crippen LogP contribution in [0, 0.1) is 5.82 Å². The summed E-state index contributed by atoms with van der Waals surface area (Å²) < 4.78 is 15.4. The largest absolute Gasteiger partial charge is 0.341 e. The number of nitrogens with zero attached hydrogens (tertiary/aromatic N) is 4. The molecule has 32 heavy (non-hydrogen) atoms. The number of carbonyl (C=O) groups excluding carboxylic acids is 1. The molecule has 7 nitrogen and oxygen atoms in total. The van der Waals surface area contributed by atoms with E-state index in [9.17, 15) is 9.18 Å². The van der Waals surface area contributed by atoms with Gasteiger partial charge < -0.3 is 14.4 Å². The maximum Gasteiger partial charge on any atom is 0.293 e. The van der Waals surface area contributed by atoms with Crippen LogP contribution in [-0.4, -0.2) is 66.1 Å².